The van der Waals surface area contributed by atoms with Gasteiger partial charge in [-0.25, -0.2) is 0 Å². The number of Topliss-reactive ketones (excluding diaryl/α,β-unsaturated/α-hetero) is 1. The monoisotopic (exact) mass is 188 g/mol. The lowest BCUT2D eigenvalue weighted by Crippen LogP contribution is -2.14. The van der Waals surface area contributed by atoms with Crippen molar-refractivity contribution in [1.29, 1.82) is 0 Å². The standard InChI is InChI=1S/C12H12O2/c1-8-5-6-10(9(2)13)12(8)11-4-3-7-14-11/h3-7,10,12H,1H2,2H3/t10-,12+/m1/s1. The van der Waals surface area contributed by atoms with Crippen molar-refractivity contribution < 1.29 is 9.21 Å². The Morgan fingerprint density at radius 1 is 1.57 bits per heavy atom. The maximum Gasteiger partial charge on any atom is 0.137 e. The van der Waals surface area contributed by atoms with Gasteiger partial charge in [0.15, 0.2) is 0 Å². The summed E-state index contributed by atoms with van der Waals surface area (Å²) < 4.78 is 5.32. The third-order valence-corrected chi connectivity index (χ3v) is 2.60. The van der Waals surface area contributed by atoms with E-state index in [0.29, 0.717) is 0 Å². The van der Waals surface area contributed by atoms with Crippen LogP contribution in [-0.2, 0) is 4.79 Å². The average molecular weight is 188 g/mol. The van der Waals surface area contributed by atoms with E-state index < -0.39 is 0 Å². The number of ketones is 1. The van der Waals surface area contributed by atoms with Gasteiger partial charge in [0.05, 0.1) is 12.2 Å². The summed E-state index contributed by atoms with van der Waals surface area (Å²) in [6.07, 6.45) is 5.43. The SMILES string of the molecule is C=C1C=C[C@H](C(C)=O)[C@H]1c1ccco1. The molecule has 2 atom stereocenters. The van der Waals surface area contributed by atoms with Gasteiger partial charge in [-0.3, -0.25) is 4.79 Å². The fourth-order valence-corrected chi connectivity index (χ4v) is 1.87. The highest BCUT2D eigenvalue weighted by molar-refractivity contribution is 5.83. The maximum atomic E-state index is 11.4. The van der Waals surface area contributed by atoms with E-state index in [4.69, 9.17) is 4.42 Å². The van der Waals surface area contributed by atoms with Crippen molar-refractivity contribution in [1.82, 2.24) is 0 Å². The van der Waals surface area contributed by atoms with E-state index in [2.05, 4.69) is 6.58 Å². The summed E-state index contributed by atoms with van der Waals surface area (Å²) in [5.41, 5.74) is 0.945. The molecule has 0 fully saturated rings. The van der Waals surface area contributed by atoms with E-state index in [-0.39, 0.29) is 17.6 Å². The minimum atomic E-state index is -0.103. The molecule has 0 aromatic carbocycles. The zero-order valence-corrected chi connectivity index (χ0v) is 8.07. The number of hydrogen-bond donors (Lipinski definition) is 0. The number of allylic oxidation sites excluding steroid dienone is 3. The highest BCUT2D eigenvalue weighted by atomic mass is 16.3. The molecule has 0 saturated heterocycles. The molecular weight excluding hydrogens is 176 g/mol. The van der Waals surface area contributed by atoms with Crippen LogP contribution in [0.3, 0.4) is 0 Å². The van der Waals surface area contributed by atoms with Gasteiger partial charge in [0, 0.05) is 5.92 Å². The van der Waals surface area contributed by atoms with Gasteiger partial charge in [-0.2, -0.15) is 0 Å². The molecule has 2 nitrogen and oxygen atoms in total. The predicted molar refractivity (Wildman–Crippen MR) is 53.9 cm³/mol. The molecule has 0 N–H and O–H groups in total. The van der Waals surface area contributed by atoms with Crippen LogP contribution >= 0.6 is 0 Å². The Balaban J connectivity index is 2.34. The molecule has 1 heterocycles. The van der Waals surface area contributed by atoms with Crippen LogP contribution in [0.2, 0.25) is 0 Å². The Hall–Kier alpha value is -1.57. The maximum absolute atomic E-state index is 11.4. The van der Waals surface area contributed by atoms with Crippen molar-refractivity contribution in [3.8, 4) is 0 Å². The molecule has 1 aromatic heterocycles. The molecule has 2 heteroatoms. The van der Waals surface area contributed by atoms with Gasteiger partial charge in [-0.05, 0) is 24.6 Å². The first kappa shape index (κ1) is 9.00. The molecule has 0 radical (unpaired) electrons. The molecule has 0 aliphatic heterocycles. The highest BCUT2D eigenvalue weighted by Gasteiger charge is 2.32. The van der Waals surface area contributed by atoms with Gasteiger partial charge in [0.2, 0.25) is 0 Å². The van der Waals surface area contributed by atoms with Gasteiger partial charge in [0.25, 0.3) is 0 Å². The van der Waals surface area contributed by atoms with Crippen LogP contribution < -0.4 is 0 Å². The molecule has 14 heavy (non-hydrogen) atoms. The van der Waals surface area contributed by atoms with Crippen LogP contribution in [0.4, 0.5) is 0 Å². The Bertz CT molecular complexity index is 384. The second-order valence-electron chi connectivity index (χ2n) is 3.56. The van der Waals surface area contributed by atoms with E-state index in [9.17, 15) is 4.79 Å². The Kier molecular flexibility index (Phi) is 2.12. The van der Waals surface area contributed by atoms with E-state index in [0.717, 1.165) is 11.3 Å². The largest absolute Gasteiger partial charge is 0.469 e. The van der Waals surface area contributed by atoms with Crippen molar-refractivity contribution in [2.45, 2.75) is 12.8 Å². The third-order valence-electron chi connectivity index (χ3n) is 2.60. The highest BCUT2D eigenvalue weighted by Crippen LogP contribution is 2.38. The molecule has 72 valence electrons. The van der Waals surface area contributed by atoms with Crippen molar-refractivity contribution in [2.75, 3.05) is 0 Å². The lowest BCUT2D eigenvalue weighted by atomic mass is 9.88. The van der Waals surface area contributed by atoms with Crippen molar-refractivity contribution >= 4 is 5.78 Å². The zero-order chi connectivity index (χ0) is 10.1. The number of rotatable bonds is 2. The lowest BCUT2D eigenvalue weighted by molar-refractivity contribution is -0.119. The normalized spacial score (nSPS) is 25.6. The third kappa shape index (κ3) is 1.33. The number of carbonyl (C=O) groups is 1. The van der Waals surface area contributed by atoms with E-state index in [1.54, 1.807) is 13.2 Å². The average Bonchev–Trinajstić information content (AvgIpc) is 2.71. The lowest BCUT2D eigenvalue weighted by Gasteiger charge is -2.15. The van der Waals surface area contributed by atoms with Crippen LogP contribution in [0.15, 0.2) is 47.1 Å². The van der Waals surface area contributed by atoms with Gasteiger partial charge < -0.3 is 4.42 Å². The molecule has 2 rings (SSSR count). The van der Waals surface area contributed by atoms with Crippen molar-refractivity contribution in [3.05, 3.63) is 48.5 Å². The van der Waals surface area contributed by atoms with Gasteiger partial charge in [0.1, 0.15) is 11.5 Å². The zero-order valence-electron chi connectivity index (χ0n) is 8.07. The summed E-state index contributed by atoms with van der Waals surface area (Å²) in [7, 11) is 0. The molecule has 0 unspecified atom stereocenters. The van der Waals surface area contributed by atoms with E-state index >= 15 is 0 Å². The van der Waals surface area contributed by atoms with Crippen LogP contribution in [0, 0.1) is 5.92 Å². The summed E-state index contributed by atoms with van der Waals surface area (Å²) in [5.74, 6) is 0.873. The smallest absolute Gasteiger partial charge is 0.137 e. The molecule has 0 saturated carbocycles. The summed E-state index contributed by atoms with van der Waals surface area (Å²) in [6, 6.07) is 3.72. The Morgan fingerprint density at radius 2 is 2.36 bits per heavy atom. The molecule has 0 bridgehead atoms. The van der Waals surface area contributed by atoms with Gasteiger partial charge in [-0.1, -0.05) is 18.7 Å². The fraction of sp³-hybridized carbons (Fsp3) is 0.250. The second kappa shape index (κ2) is 3.29. The topological polar surface area (TPSA) is 30.2 Å². The summed E-state index contributed by atoms with van der Waals surface area (Å²) >= 11 is 0. The first-order valence-corrected chi connectivity index (χ1v) is 4.61. The molecule has 1 aliphatic carbocycles. The van der Waals surface area contributed by atoms with Crippen LogP contribution in [0.5, 0.6) is 0 Å². The molecule has 0 spiro atoms. The molecule has 1 aliphatic rings. The number of hydrogen-bond acceptors (Lipinski definition) is 2. The van der Waals surface area contributed by atoms with E-state index in [1.165, 1.54) is 0 Å². The minimum absolute atomic E-state index is 0.00231. The van der Waals surface area contributed by atoms with Crippen LogP contribution in [-0.4, -0.2) is 5.78 Å². The summed E-state index contributed by atoms with van der Waals surface area (Å²) in [6.45, 7) is 5.53. The Morgan fingerprint density at radius 3 is 2.93 bits per heavy atom. The summed E-state index contributed by atoms with van der Waals surface area (Å²) in [5, 5.41) is 0. The molecule has 0 amide bonds. The molecular formula is C12H12O2. The second-order valence-corrected chi connectivity index (χ2v) is 3.56. The minimum Gasteiger partial charge on any atom is -0.469 e. The quantitative estimate of drug-likeness (QED) is 0.714. The fourth-order valence-electron chi connectivity index (χ4n) is 1.87. The molecule has 1 aromatic rings. The van der Waals surface area contributed by atoms with E-state index in [1.807, 2.05) is 24.3 Å². The number of carbonyl (C=O) groups excluding carboxylic acids is 1. The number of furan rings is 1. The van der Waals surface area contributed by atoms with Gasteiger partial charge in [-0.15, -0.1) is 0 Å². The van der Waals surface area contributed by atoms with Crippen LogP contribution in [0.1, 0.15) is 18.6 Å². The van der Waals surface area contributed by atoms with Crippen LogP contribution in [0.25, 0.3) is 0 Å². The van der Waals surface area contributed by atoms with Gasteiger partial charge >= 0.3 is 0 Å². The first-order valence-electron chi connectivity index (χ1n) is 4.61. The Labute approximate surface area is 82.9 Å². The first-order chi connectivity index (χ1) is 6.70. The predicted octanol–water partition coefficient (Wildman–Crippen LogP) is 2.69. The van der Waals surface area contributed by atoms with Crippen molar-refractivity contribution in [2.24, 2.45) is 5.92 Å². The summed E-state index contributed by atoms with van der Waals surface area (Å²) in [4.78, 5) is 11.4. The van der Waals surface area contributed by atoms with Crippen molar-refractivity contribution in [3.63, 3.8) is 0 Å².